The first kappa shape index (κ1) is 15.4. The van der Waals surface area contributed by atoms with Crippen molar-refractivity contribution in [3.05, 3.63) is 35.9 Å². The lowest BCUT2D eigenvalue weighted by atomic mass is 10.1. The van der Waals surface area contributed by atoms with Crippen molar-refractivity contribution in [3.8, 4) is 0 Å². The average Bonchev–Trinajstić information content (AvgIpc) is 2.43. The Morgan fingerprint density at radius 2 is 1.67 bits per heavy atom. The molecule has 0 spiro atoms. The third-order valence-electron chi connectivity index (χ3n) is 3.39. The van der Waals surface area contributed by atoms with E-state index in [0.717, 1.165) is 0 Å². The van der Waals surface area contributed by atoms with Crippen LogP contribution in [-0.4, -0.2) is 23.5 Å². The van der Waals surface area contributed by atoms with Gasteiger partial charge in [-0.1, -0.05) is 62.9 Å². The van der Waals surface area contributed by atoms with Crippen molar-refractivity contribution in [2.75, 3.05) is 14.2 Å². The van der Waals surface area contributed by atoms with Crippen LogP contribution in [0.4, 0.5) is 0 Å². The SMILES string of the molecule is CCCCCCC(c1ccccc1)[SiH](OC)OC. The lowest BCUT2D eigenvalue weighted by molar-refractivity contribution is 0.263. The molecule has 0 radical (unpaired) electrons. The predicted octanol–water partition coefficient (Wildman–Crippen LogP) is 3.79. The van der Waals surface area contributed by atoms with Gasteiger partial charge in [-0.3, -0.25) is 0 Å². The fourth-order valence-corrected chi connectivity index (χ4v) is 4.27. The Bertz CT molecular complexity index is 299. The zero-order chi connectivity index (χ0) is 13.2. The van der Waals surface area contributed by atoms with Crippen LogP contribution in [-0.2, 0) is 8.85 Å². The van der Waals surface area contributed by atoms with Gasteiger partial charge in [0.25, 0.3) is 0 Å². The van der Waals surface area contributed by atoms with E-state index in [0.29, 0.717) is 5.54 Å². The first-order chi connectivity index (χ1) is 8.83. The molecule has 0 saturated heterocycles. The number of hydrogen-bond donors (Lipinski definition) is 0. The smallest absolute Gasteiger partial charge is 0.328 e. The molecule has 0 heterocycles. The highest BCUT2D eigenvalue weighted by atomic mass is 28.3. The van der Waals surface area contributed by atoms with Crippen LogP contribution in [0, 0.1) is 0 Å². The van der Waals surface area contributed by atoms with Crippen LogP contribution in [0.15, 0.2) is 30.3 Å². The highest BCUT2D eigenvalue weighted by molar-refractivity contribution is 6.46. The number of hydrogen-bond acceptors (Lipinski definition) is 2. The van der Waals surface area contributed by atoms with E-state index < -0.39 is 9.28 Å². The lowest BCUT2D eigenvalue weighted by Gasteiger charge is -2.23. The Balaban J connectivity index is 2.63. The van der Waals surface area contributed by atoms with Gasteiger partial charge in [0.05, 0.1) is 0 Å². The van der Waals surface area contributed by atoms with Gasteiger partial charge in [0.15, 0.2) is 0 Å². The Morgan fingerprint density at radius 1 is 1.00 bits per heavy atom. The minimum Gasteiger partial charge on any atom is -0.400 e. The largest absolute Gasteiger partial charge is 0.400 e. The van der Waals surface area contributed by atoms with Crippen molar-refractivity contribution in [2.24, 2.45) is 0 Å². The molecule has 0 saturated carbocycles. The van der Waals surface area contributed by atoms with Crippen LogP contribution < -0.4 is 0 Å². The minimum atomic E-state index is -1.59. The van der Waals surface area contributed by atoms with E-state index >= 15 is 0 Å². The number of rotatable bonds is 9. The van der Waals surface area contributed by atoms with Crippen LogP contribution in [0.1, 0.15) is 50.1 Å². The summed E-state index contributed by atoms with van der Waals surface area (Å²) in [6, 6.07) is 10.7. The summed E-state index contributed by atoms with van der Waals surface area (Å²) in [4.78, 5) is 0. The zero-order valence-corrected chi connectivity index (χ0v) is 13.0. The second-order valence-electron chi connectivity index (χ2n) is 4.71. The molecule has 1 aromatic carbocycles. The molecule has 0 fully saturated rings. The highest BCUT2D eigenvalue weighted by Gasteiger charge is 2.25. The summed E-state index contributed by atoms with van der Waals surface area (Å²) in [5.41, 5.74) is 1.84. The van der Waals surface area contributed by atoms with E-state index in [1.54, 1.807) is 14.2 Å². The fraction of sp³-hybridized carbons (Fsp3) is 0.600. The molecule has 1 rings (SSSR count). The molecule has 1 aromatic rings. The molecule has 2 nitrogen and oxygen atoms in total. The van der Waals surface area contributed by atoms with Crippen molar-refractivity contribution in [1.82, 2.24) is 0 Å². The summed E-state index contributed by atoms with van der Waals surface area (Å²) in [6.45, 7) is 2.25. The molecule has 0 aliphatic carbocycles. The maximum atomic E-state index is 5.59. The summed E-state index contributed by atoms with van der Waals surface area (Å²) in [5.74, 6) is 0. The van der Waals surface area contributed by atoms with E-state index in [4.69, 9.17) is 8.85 Å². The van der Waals surface area contributed by atoms with Crippen molar-refractivity contribution in [3.63, 3.8) is 0 Å². The topological polar surface area (TPSA) is 18.5 Å². The monoisotopic (exact) mass is 266 g/mol. The summed E-state index contributed by atoms with van der Waals surface area (Å²) in [5, 5.41) is 0. The van der Waals surface area contributed by atoms with Crippen LogP contribution in [0.25, 0.3) is 0 Å². The van der Waals surface area contributed by atoms with Crippen molar-refractivity contribution in [1.29, 1.82) is 0 Å². The van der Waals surface area contributed by atoms with Crippen LogP contribution in [0.3, 0.4) is 0 Å². The molecule has 18 heavy (non-hydrogen) atoms. The molecule has 3 heteroatoms. The van der Waals surface area contributed by atoms with Gasteiger partial charge >= 0.3 is 9.28 Å². The van der Waals surface area contributed by atoms with Crippen molar-refractivity contribution < 1.29 is 8.85 Å². The lowest BCUT2D eigenvalue weighted by Crippen LogP contribution is -2.29. The summed E-state index contributed by atoms with van der Waals surface area (Å²) in [7, 11) is 1.97. The third-order valence-corrected chi connectivity index (χ3v) is 5.69. The quantitative estimate of drug-likeness (QED) is 0.500. The Labute approximate surface area is 113 Å². The van der Waals surface area contributed by atoms with Crippen LogP contribution in [0.2, 0.25) is 0 Å². The predicted molar refractivity (Wildman–Crippen MR) is 79.1 cm³/mol. The Hall–Kier alpha value is -0.643. The number of unbranched alkanes of at least 4 members (excludes halogenated alkanes) is 3. The fourth-order valence-electron chi connectivity index (χ4n) is 2.38. The Kier molecular flexibility index (Phi) is 7.97. The normalized spacial score (nSPS) is 12.9. The van der Waals surface area contributed by atoms with Crippen molar-refractivity contribution >= 4 is 9.28 Å². The molecule has 0 aliphatic rings. The van der Waals surface area contributed by atoms with E-state index in [-0.39, 0.29) is 0 Å². The van der Waals surface area contributed by atoms with Gasteiger partial charge in [-0.15, -0.1) is 0 Å². The molecule has 0 N–H and O–H groups in total. The summed E-state index contributed by atoms with van der Waals surface area (Å²) in [6.07, 6.45) is 6.37. The third kappa shape index (κ3) is 4.92. The minimum absolute atomic E-state index is 0.470. The summed E-state index contributed by atoms with van der Waals surface area (Å²) >= 11 is 0. The second kappa shape index (κ2) is 9.31. The number of benzene rings is 1. The first-order valence-corrected chi connectivity index (χ1v) is 8.55. The maximum Gasteiger partial charge on any atom is 0.328 e. The van der Waals surface area contributed by atoms with Gasteiger partial charge in [-0.2, -0.15) is 0 Å². The van der Waals surface area contributed by atoms with Gasteiger partial charge in [0.1, 0.15) is 0 Å². The second-order valence-corrected chi connectivity index (χ2v) is 7.19. The molecular formula is C15H26O2Si. The molecule has 1 unspecified atom stereocenters. The van der Waals surface area contributed by atoms with Gasteiger partial charge in [0.2, 0.25) is 0 Å². The Morgan fingerprint density at radius 3 is 2.22 bits per heavy atom. The molecule has 102 valence electrons. The maximum absolute atomic E-state index is 5.59. The van der Waals surface area contributed by atoms with Crippen LogP contribution >= 0.6 is 0 Å². The van der Waals surface area contributed by atoms with E-state index in [1.165, 1.54) is 37.7 Å². The van der Waals surface area contributed by atoms with Crippen LogP contribution in [0.5, 0.6) is 0 Å². The van der Waals surface area contributed by atoms with E-state index in [9.17, 15) is 0 Å². The average molecular weight is 266 g/mol. The molecule has 1 atom stereocenters. The highest BCUT2D eigenvalue weighted by Crippen LogP contribution is 2.26. The molecule has 0 aromatic heterocycles. The van der Waals surface area contributed by atoms with Gasteiger partial charge in [-0.25, -0.2) is 0 Å². The van der Waals surface area contributed by atoms with Gasteiger partial charge < -0.3 is 8.85 Å². The van der Waals surface area contributed by atoms with Gasteiger partial charge in [0, 0.05) is 19.8 Å². The molecule has 0 bridgehead atoms. The van der Waals surface area contributed by atoms with Crippen molar-refractivity contribution in [2.45, 2.75) is 44.6 Å². The zero-order valence-electron chi connectivity index (χ0n) is 11.9. The summed E-state index contributed by atoms with van der Waals surface area (Å²) < 4.78 is 11.2. The molecule has 0 aliphatic heterocycles. The standard InChI is InChI=1S/C15H26O2Si/c1-4-5-6-10-13-15(18(16-2)17-3)14-11-8-7-9-12-14/h7-9,11-12,15,18H,4-6,10,13H2,1-3H3. The van der Waals surface area contributed by atoms with Gasteiger partial charge in [-0.05, 0) is 12.0 Å². The first-order valence-electron chi connectivity index (χ1n) is 6.94. The van der Waals surface area contributed by atoms with E-state index in [2.05, 4.69) is 37.3 Å². The molecule has 0 amide bonds. The van der Waals surface area contributed by atoms with E-state index in [1.807, 2.05) is 0 Å². The molecular weight excluding hydrogens is 240 g/mol.